The molecule has 0 radical (unpaired) electrons. The van der Waals surface area contributed by atoms with E-state index in [4.69, 9.17) is 0 Å². The van der Waals surface area contributed by atoms with Crippen molar-refractivity contribution in [2.75, 3.05) is 33.2 Å². The van der Waals surface area contributed by atoms with Gasteiger partial charge in [0.05, 0.1) is 33.2 Å². The highest BCUT2D eigenvalue weighted by Crippen LogP contribution is 2.13. The Bertz CT molecular complexity index is 788. The van der Waals surface area contributed by atoms with Gasteiger partial charge in [-0.3, -0.25) is 14.2 Å². The Labute approximate surface area is 141 Å². The first kappa shape index (κ1) is 16.2. The average molecular weight is 324 g/mol. The molecule has 24 heavy (non-hydrogen) atoms. The summed E-state index contributed by atoms with van der Waals surface area (Å²) in [7, 11) is 2.13. The Hall–Kier alpha value is -2.66. The van der Waals surface area contributed by atoms with E-state index in [0.717, 1.165) is 18.7 Å². The quantitative estimate of drug-likeness (QED) is 0.820. The van der Waals surface area contributed by atoms with Gasteiger partial charge in [0.2, 0.25) is 0 Å². The number of amides is 1. The van der Waals surface area contributed by atoms with Crippen LogP contribution >= 0.6 is 0 Å². The first-order chi connectivity index (χ1) is 11.6. The maximum absolute atomic E-state index is 13.1. The summed E-state index contributed by atoms with van der Waals surface area (Å²) in [6, 6.07) is 14.5. The molecule has 0 spiro atoms. The van der Waals surface area contributed by atoms with E-state index in [2.05, 4.69) is 7.05 Å². The Kier molecular flexibility index (Phi) is 4.91. The van der Waals surface area contributed by atoms with Crippen molar-refractivity contribution >= 4 is 17.7 Å². The number of piperazine rings is 1. The van der Waals surface area contributed by atoms with Gasteiger partial charge in [-0.05, 0) is 17.7 Å². The summed E-state index contributed by atoms with van der Waals surface area (Å²) in [5.74, 6) is -0.0975. The van der Waals surface area contributed by atoms with Gasteiger partial charge < -0.3 is 9.80 Å². The number of quaternary nitrogens is 1. The molecule has 1 aromatic carbocycles. The third-order valence-corrected chi connectivity index (χ3v) is 4.31. The van der Waals surface area contributed by atoms with E-state index in [-0.39, 0.29) is 11.5 Å². The molecule has 5 heteroatoms. The van der Waals surface area contributed by atoms with E-state index in [1.54, 1.807) is 24.4 Å². The molecule has 1 amide bonds. The monoisotopic (exact) mass is 324 g/mol. The van der Waals surface area contributed by atoms with E-state index in [1.807, 2.05) is 35.2 Å². The second kappa shape index (κ2) is 7.27. The first-order valence-electron chi connectivity index (χ1n) is 8.20. The molecular formula is C19H22N3O2+. The molecule has 2 aromatic rings. The van der Waals surface area contributed by atoms with Crippen LogP contribution in [0.15, 0.2) is 59.5 Å². The number of hydrogen-bond donors (Lipinski definition) is 1. The number of likely N-dealkylation sites (N-methyl/N-ethyl adjacent to an activating group) is 1. The molecule has 0 bridgehead atoms. The van der Waals surface area contributed by atoms with Gasteiger partial charge >= 0.3 is 0 Å². The molecular weight excluding hydrogens is 302 g/mol. The molecule has 1 aliphatic heterocycles. The summed E-state index contributed by atoms with van der Waals surface area (Å²) in [4.78, 5) is 28.5. The summed E-state index contributed by atoms with van der Waals surface area (Å²) >= 11 is 0. The number of carbonyl (C=O) groups is 1. The topological polar surface area (TPSA) is 46.8 Å². The van der Waals surface area contributed by atoms with Crippen LogP contribution in [0.4, 0.5) is 0 Å². The van der Waals surface area contributed by atoms with Crippen LogP contribution in [0.5, 0.6) is 0 Å². The van der Waals surface area contributed by atoms with Crippen molar-refractivity contribution in [3.63, 3.8) is 0 Å². The number of nitrogens with one attached hydrogen (secondary N) is 1. The summed E-state index contributed by atoms with van der Waals surface area (Å²) < 4.78 is 1.43. The zero-order valence-electron chi connectivity index (χ0n) is 13.8. The van der Waals surface area contributed by atoms with E-state index in [1.165, 1.54) is 15.5 Å². The van der Waals surface area contributed by atoms with Gasteiger partial charge in [0, 0.05) is 12.3 Å². The lowest BCUT2D eigenvalue weighted by molar-refractivity contribution is -0.883. The van der Waals surface area contributed by atoms with Gasteiger partial charge in [-0.15, -0.1) is 0 Å². The zero-order chi connectivity index (χ0) is 16.9. The van der Waals surface area contributed by atoms with Gasteiger partial charge in [0.25, 0.3) is 11.5 Å². The van der Waals surface area contributed by atoms with Gasteiger partial charge in [-0.25, -0.2) is 0 Å². The van der Waals surface area contributed by atoms with Crippen molar-refractivity contribution in [3.05, 3.63) is 70.6 Å². The van der Waals surface area contributed by atoms with E-state index < -0.39 is 0 Å². The van der Waals surface area contributed by atoms with E-state index in [0.29, 0.717) is 18.8 Å². The predicted molar refractivity (Wildman–Crippen MR) is 94.5 cm³/mol. The van der Waals surface area contributed by atoms with Crippen molar-refractivity contribution in [2.24, 2.45) is 0 Å². The average Bonchev–Trinajstić information content (AvgIpc) is 2.61. The maximum Gasteiger partial charge on any atom is 0.271 e. The molecule has 1 saturated heterocycles. The highest BCUT2D eigenvalue weighted by Gasteiger charge is 2.25. The van der Waals surface area contributed by atoms with Crippen LogP contribution < -0.4 is 10.5 Å². The summed E-state index contributed by atoms with van der Waals surface area (Å²) in [5, 5.41) is 0. The molecule has 0 atom stereocenters. The molecule has 1 aromatic heterocycles. The van der Waals surface area contributed by atoms with Gasteiger partial charge in [-0.1, -0.05) is 36.4 Å². The molecule has 2 heterocycles. The third kappa shape index (κ3) is 3.63. The number of rotatable bonds is 3. The molecule has 0 unspecified atom stereocenters. The lowest BCUT2D eigenvalue weighted by Crippen LogP contribution is -3.12. The fraction of sp³-hybridized carbons (Fsp3) is 0.263. The molecule has 0 saturated carbocycles. The normalized spacial score (nSPS) is 16.2. The highest BCUT2D eigenvalue weighted by molar-refractivity contribution is 6.18. The van der Waals surface area contributed by atoms with Crippen molar-refractivity contribution in [3.8, 4) is 0 Å². The van der Waals surface area contributed by atoms with Crippen molar-refractivity contribution < 1.29 is 9.69 Å². The fourth-order valence-electron chi connectivity index (χ4n) is 2.82. The van der Waals surface area contributed by atoms with Crippen molar-refractivity contribution in [2.45, 2.75) is 0 Å². The number of hydrogen-bond acceptors (Lipinski definition) is 2. The Morgan fingerprint density at radius 2 is 1.71 bits per heavy atom. The Morgan fingerprint density at radius 1 is 1.04 bits per heavy atom. The molecule has 5 nitrogen and oxygen atoms in total. The molecule has 3 rings (SSSR count). The van der Waals surface area contributed by atoms with Crippen LogP contribution in [-0.4, -0.2) is 48.6 Å². The number of carbonyl (C=O) groups excluding carboxylic acids is 1. The lowest BCUT2D eigenvalue weighted by atomic mass is 10.1. The third-order valence-electron chi connectivity index (χ3n) is 4.31. The Balaban J connectivity index is 1.99. The molecule has 1 fully saturated rings. The minimum absolute atomic E-state index is 0.0975. The minimum atomic E-state index is -0.201. The van der Waals surface area contributed by atoms with Gasteiger partial charge in [0.15, 0.2) is 0 Å². The summed E-state index contributed by atoms with van der Waals surface area (Å²) in [5.41, 5.74) is 1.09. The van der Waals surface area contributed by atoms with Crippen LogP contribution in [0.1, 0.15) is 5.56 Å². The summed E-state index contributed by atoms with van der Waals surface area (Å²) in [6.45, 7) is 3.26. The smallest absolute Gasteiger partial charge is 0.271 e. The standard InChI is InChI=1S/C19H21N3O2/c1-20-11-13-21(14-12-20)19(24)17(15-16-7-3-2-4-8-16)22-10-6-5-9-18(22)23/h2-10,15H,11-14H2,1H3/p+1/b17-15+. The second-order valence-corrected chi connectivity index (χ2v) is 6.10. The highest BCUT2D eigenvalue weighted by atomic mass is 16.2. The van der Waals surface area contributed by atoms with Gasteiger partial charge in [-0.2, -0.15) is 0 Å². The van der Waals surface area contributed by atoms with Crippen LogP contribution in [0, 0.1) is 0 Å². The number of aromatic nitrogens is 1. The van der Waals surface area contributed by atoms with E-state index >= 15 is 0 Å². The van der Waals surface area contributed by atoms with Crippen LogP contribution in [-0.2, 0) is 4.79 Å². The maximum atomic E-state index is 13.1. The predicted octanol–water partition coefficient (Wildman–Crippen LogP) is 0.203. The zero-order valence-corrected chi connectivity index (χ0v) is 13.8. The van der Waals surface area contributed by atoms with Crippen LogP contribution in [0.25, 0.3) is 11.8 Å². The first-order valence-corrected chi connectivity index (χ1v) is 8.20. The van der Waals surface area contributed by atoms with E-state index in [9.17, 15) is 9.59 Å². The van der Waals surface area contributed by atoms with Gasteiger partial charge in [0.1, 0.15) is 5.70 Å². The largest absolute Gasteiger partial charge is 0.334 e. The minimum Gasteiger partial charge on any atom is -0.334 e. The Morgan fingerprint density at radius 3 is 2.38 bits per heavy atom. The molecule has 0 aliphatic carbocycles. The van der Waals surface area contributed by atoms with Crippen molar-refractivity contribution in [1.29, 1.82) is 0 Å². The number of pyridine rings is 1. The van der Waals surface area contributed by atoms with Crippen LogP contribution in [0.2, 0.25) is 0 Å². The van der Waals surface area contributed by atoms with Crippen molar-refractivity contribution in [1.82, 2.24) is 9.47 Å². The molecule has 1 N–H and O–H groups in total. The number of nitrogens with zero attached hydrogens (tertiary/aromatic N) is 2. The lowest BCUT2D eigenvalue weighted by Gasteiger charge is -2.30. The fourth-order valence-corrected chi connectivity index (χ4v) is 2.82. The summed E-state index contributed by atoms with van der Waals surface area (Å²) in [6.07, 6.45) is 3.44. The second-order valence-electron chi connectivity index (χ2n) is 6.10. The number of benzene rings is 1. The van der Waals surface area contributed by atoms with Crippen LogP contribution in [0.3, 0.4) is 0 Å². The molecule has 1 aliphatic rings. The SMILES string of the molecule is C[NH+]1CCN(C(=O)/C(=C\c2ccccc2)n2ccccc2=O)CC1. The molecule has 124 valence electrons.